The predicted octanol–water partition coefficient (Wildman–Crippen LogP) is 28.9. The zero-order valence-electron chi connectivity index (χ0n) is 78.0. The van der Waals surface area contributed by atoms with Crippen LogP contribution in [0, 0.1) is 0 Å². The van der Waals surface area contributed by atoms with Crippen LogP contribution in [0.1, 0.15) is 452 Å². The van der Waals surface area contributed by atoms with Crippen molar-refractivity contribution >= 4 is 35.8 Å². The number of carbonyl (C=O) groups is 6. The predicted molar refractivity (Wildman–Crippen MR) is 505 cm³/mol. The second-order valence-electron chi connectivity index (χ2n) is 32.3. The second-order valence-corrected chi connectivity index (χ2v) is 32.3. The molecule has 3 N–H and O–H groups in total. The molecule has 0 heterocycles. The van der Waals surface area contributed by atoms with Gasteiger partial charge in [-0.2, -0.15) is 0 Å². The molecule has 0 fully saturated rings. The molecule has 0 aromatic rings. The first-order valence-corrected chi connectivity index (χ1v) is 49.3. The third-order valence-corrected chi connectivity index (χ3v) is 20.4. The van der Waals surface area contributed by atoms with E-state index in [2.05, 4.69) is 163 Å². The molecule has 0 rings (SSSR count). The SMILES string of the molecule is CCCCCC=CCC=CCC=CCC=CCCCC(=O)OCC(CO)OC(=O)CCCC=CCC=CCC=CCC=CCCCCC.CCCCCCCCC=CCCCCCCCC(=O)OCC(O)COC(=O)CCCCCCCC=CCCCCCCCC.CCCCCCCCCC(=O)OCC(CO)OC(=O)CCCCCCCCC. The molecule has 0 aliphatic rings. The molecule has 0 amide bonds. The van der Waals surface area contributed by atoms with Gasteiger partial charge < -0.3 is 43.7 Å². The molecule has 0 aliphatic carbocycles. The number of rotatable bonds is 86. The van der Waals surface area contributed by atoms with Gasteiger partial charge in [0.1, 0.15) is 32.5 Å². The van der Waals surface area contributed by atoms with Gasteiger partial charge in [-0.15, -0.1) is 0 Å². The van der Waals surface area contributed by atoms with E-state index < -0.39 is 18.3 Å². The van der Waals surface area contributed by atoms with E-state index in [9.17, 15) is 44.1 Å². The van der Waals surface area contributed by atoms with Crippen molar-refractivity contribution in [1.29, 1.82) is 0 Å². The first-order chi connectivity index (χ1) is 58.9. The maximum absolute atomic E-state index is 12.1. The Labute approximate surface area is 736 Å². The summed E-state index contributed by atoms with van der Waals surface area (Å²) in [4.78, 5) is 71.6. The second kappa shape index (κ2) is 104. The van der Waals surface area contributed by atoms with E-state index >= 15 is 0 Å². The molecular weight excluding hydrogens is 1500 g/mol. The monoisotopic (exact) mass is 1690 g/mol. The van der Waals surface area contributed by atoms with E-state index in [1.54, 1.807) is 0 Å². The van der Waals surface area contributed by atoms with Gasteiger partial charge in [-0.3, -0.25) is 28.8 Å². The summed E-state index contributed by atoms with van der Waals surface area (Å²) in [7, 11) is 0. The van der Waals surface area contributed by atoms with Crippen LogP contribution >= 0.6 is 0 Å². The van der Waals surface area contributed by atoms with E-state index in [4.69, 9.17) is 28.4 Å². The maximum atomic E-state index is 12.1. The van der Waals surface area contributed by atoms with Gasteiger partial charge in [0.15, 0.2) is 12.2 Å². The molecule has 2 unspecified atom stereocenters. The number of allylic oxidation sites excluding steroid dienone is 20. The van der Waals surface area contributed by atoms with E-state index in [0.717, 1.165) is 141 Å². The number of hydrogen-bond acceptors (Lipinski definition) is 15. The average Bonchev–Trinajstić information content (AvgIpc) is 1.17. The van der Waals surface area contributed by atoms with Crippen LogP contribution < -0.4 is 0 Å². The highest BCUT2D eigenvalue weighted by atomic mass is 16.6. The van der Waals surface area contributed by atoms with Crippen molar-refractivity contribution in [3.8, 4) is 0 Å². The highest BCUT2D eigenvalue weighted by molar-refractivity contribution is 5.71. The van der Waals surface area contributed by atoms with Crippen LogP contribution in [0.25, 0.3) is 0 Å². The van der Waals surface area contributed by atoms with Crippen LogP contribution in [0.15, 0.2) is 122 Å². The summed E-state index contributed by atoms with van der Waals surface area (Å²) in [5.74, 6) is -1.92. The van der Waals surface area contributed by atoms with Crippen LogP contribution in [0.3, 0.4) is 0 Å². The molecule has 0 bridgehead atoms. The lowest BCUT2D eigenvalue weighted by molar-refractivity contribution is -0.161. The molecule has 15 heteroatoms. The molecule has 0 aromatic heterocycles. The first kappa shape index (κ1) is 118. The largest absolute Gasteiger partial charge is 0.463 e. The molecule has 0 saturated carbocycles. The minimum Gasteiger partial charge on any atom is -0.463 e. The van der Waals surface area contributed by atoms with Gasteiger partial charge in [-0.25, -0.2) is 0 Å². The van der Waals surface area contributed by atoms with Crippen molar-refractivity contribution < 1.29 is 72.5 Å². The number of carbonyl (C=O) groups excluding carboxylic acids is 6. The summed E-state index contributed by atoms with van der Waals surface area (Å²) in [5, 5.41) is 28.8. The normalized spacial score (nSPS) is 12.6. The fourth-order valence-corrected chi connectivity index (χ4v) is 12.8. The summed E-state index contributed by atoms with van der Waals surface area (Å²) in [6, 6.07) is 0. The van der Waals surface area contributed by atoms with Gasteiger partial charge in [0.25, 0.3) is 0 Å². The van der Waals surface area contributed by atoms with E-state index in [1.165, 1.54) is 218 Å². The molecule has 0 spiro atoms. The van der Waals surface area contributed by atoms with Crippen LogP contribution in [0.2, 0.25) is 0 Å². The highest BCUT2D eigenvalue weighted by Crippen LogP contribution is 2.17. The van der Waals surface area contributed by atoms with Crippen molar-refractivity contribution in [1.82, 2.24) is 0 Å². The Morgan fingerprint density at radius 1 is 0.208 bits per heavy atom. The lowest BCUT2D eigenvalue weighted by Gasteiger charge is -2.15. The Kier molecular flexibility index (Phi) is 102. The molecule has 0 saturated heterocycles. The minimum absolute atomic E-state index is 0.0609. The number of esters is 6. The minimum atomic E-state index is -0.967. The van der Waals surface area contributed by atoms with Gasteiger partial charge in [0.05, 0.1) is 13.2 Å². The van der Waals surface area contributed by atoms with Gasteiger partial charge in [-0.1, -0.05) is 369 Å². The Bertz CT molecular complexity index is 2480. The van der Waals surface area contributed by atoms with Gasteiger partial charge >= 0.3 is 35.8 Å². The number of hydrogen-bond donors (Lipinski definition) is 3. The van der Waals surface area contributed by atoms with Crippen molar-refractivity contribution in [3.63, 3.8) is 0 Å². The lowest BCUT2D eigenvalue weighted by Crippen LogP contribution is -2.28. The zero-order valence-corrected chi connectivity index (χ0v) is 78.0. The summed E-state index contributed by atoms with van der Waals surface area (Å²) in [6.07, 6.45) is 110. The summed E-state index contributed by atoms with van der Waals surface area (Å²) < 4.78 is 31.2. The summed E-state index contributed by atoms with van der Waals surface area (Å²) in [6.45, 7) is 12.2. The Hall–Kier alpha value is -5.90. The first-order valence-electron chi connectivity index (χ1n) is 49.3. The van der Waals surface area contributed by atoms with Gasteiger partial charge in [0.2, 0.25) is 0 Å². The average molecular weight is 1690 g/mol. The third kappa shape index (κ3) is 103. The Morgan fingerprint density at radius 3 is 0.625 bits per heavy atom. The molecule has 2 atom stereocenters. The molecule has 0 aliphatic heterocycles. The maximum Gasteiger partial charge on any atom is 0.306 e. The highest BCUT2D eigenvalue weighted by Gasteiger charge is 2.18. The van der Waals surface area contributed by atoms with Crippen LogP contribution in [-0.4, -0.2) is 109 Å². The quantitative estimate of drug-likeness (QED) is 0.0223. The van der Waals surface area contributed by atoms with Gasteiger partial charge in [-0.05, 0) is 167 Å². The van der Waals surface area contributed by atoms with Crippen LogP contribution in [0.4, 0.5) is 0 Å². The number of unbranched alkanes of at least 4 members (excludes halogenated alkanes) is 42. The molecule has 120 heavy (non-hydrogen) atoms. The molecule has 0 aromatic carbocycles. The van der Waals surface area contributed by atoms with E-state index in [0.29, 0.717) is 44.9 Å². The number of ether oxygens (including phenoxy) is 6. The number of aliphatic hydroxyl groups excluding tert-OH is 3. The topological polar surface area (TPSA) is 218 Å². The van der Waals surface area contributed by atoms with Crippen LogP contribution in [0.5, 0.6) is 0 Å². The zero-order chi connectivity index (χ0) is 88.1. The van der Waals surface area contributed by atoms with E-state index in [-0.39, 0.29) is 81.9 Å². The Balaban J connectivity index is -0.00000177. The van der Waals surface area contributed by atoms with Crippen molar-refractivity contribution in [2.45, 2.75) is 471 Å². The fraction of sp³-hybridized carbons (Fsp3) is 0.752. The van der Waals surface area contributed by atoms with Crippen LogP contribution in [-0.2, 0) is 57.2 Å². The lowest BCUT2D eigenvalue weighted by atomic mass is 10.1. The van der Waals surface area contributed by atoms with Crippen molar-refractivity contribution in [3.05, 3.63) is 122 Å². The van der Waals surface area contributed by atoms with Crippen molar-refractivity contribution in [2.24, 2.45) is 0 Å². The van der Waals surface area contributed by atoms with Crippen molar-refractivity contribution in [2.75, 3.05) is 39.6 Å². The molecule has 694 valence electrons. The standard InChI is InChI=1S/C43H68O5.C39H72O5.C23H44O5/c1-3-5-7-9-11-13-15-17-19-21-23-25-27-29-31-33-35-37-42(45)47-40-41(39-44)48-43(46)38-36-34-32-30-28-26-24-22-20-18-16-14-12-10-8-6-4-2;1-3-5-7-9-11-13-15-17-19-21-23-25-27-29-31-33-38(41)43-35-37(40)36-44-39(42)34-32-30-28-26-24-22-20-18-16-14-12-10-8-6-4-2;1-3-5-7-9-11-13-15-17-22(25)27-20-21(19-24)28-23(26)18-16-14-12-10-8-6-4-2/h11-14,17-20,23-26,29-32,41,44H,3-10,15-16,21-22,27-28,33-40H2,1-2H3;17-20,37,40H,3-16,21-36H2,1-2H3;21,24H,3-20H2,1-2H3. The van der Waals surface area contributed by atoms with Gasteiger partial charge in [0, 0.05) is 38.5 Å². The fourth-order valence-electron chi connectivity index (χ4n) is 12.8. The number of aliphatic hydroxyl groups is 3. The van der Waals surface area contributed by atoms with E-state index in [1.807, 2.05) is 0 Å². The summed E-state index contributed by atoms with van der Waals surface area (Å²) >= 11 is 0. The molecular formula is C105H184O15. The Morgan fingerprint density at radius 2 is 0.375 bits per heavy atom. The summed E-state index contributed by atoms with van der Waals surface area (Å²) in [5.41, 5.74) is 0. The smallest absolute Gasteiger partial charge is 0.306 e. The third-order valence-electron chi connectivity index (χ3n) is 20.4. The molecule has 0 radical (unpaired) electrons. The molecule has 15 nitrogen and oxygen atoms in total.